The van der Waals surface area contributed by atoms with Gasteiger partial charge >= 0.3 is 0 Å². The minimum Gasteiger partial charge on any atom is -1.00 e. The van der Waals surface area contributed by atoms with Crippen LogP contribution in [0, 0.1) is 0 Å². The highest BCUT2D eigenvalue weighted by Crippen LogP contribution is 2.32. The molecule has 1 aromatic heterocycles. The predicted octanol–water partition coefficient (Wildman–Crippen LogP) is 2.02. The minimum atomic E-state index is 0. The second kappa shape index (κ2) is 10.9. The molecule has 1 heterocycles. The maximum absolute atomic E-state index is 6.13. The molecular formula is C21H23ClNO2S-. The number of hydrogen-bond donors (Lipinski definition) is 1. The van der Waals surface area contributed by atoms with Crippen molar-refractivity contribution in [1.82, 2.24) is 5.32 Å². The smallest absolute Gasteiger partial charge is 0.166 e. The lowest BCUT2D eigenvalue weighted by Crippen LogP contribution is -3.00. The molecule has 0 aliphatic heterocycles. The normalized spacial score (nSPS) is 10.2. The molecule has 0 aliphatic carbocycles. The Bertz CT molecular complexity index is 763. The molecule has 138 valence electrons. The van der Waals surface area contributed by atoms with Crippen molar-refractivity contribution in [2.24, 2.45) is 0 Å². The van der Waals surface area contributed by atoms with Gasteiger partial charge in [-0.25, -0.2) is 0 Å². The highest BCUT2D eigenvalue weighted by molar-refractivity contribution is 7.09. The van der Waals surface area contributed by atoms with Crippen molar-refractivity contribution in [1.29, 1.82) is 0 Å². The molecule has 26 heavy (non-hydrogen) atoms. The monoisotopic (exact) mass is 388 g/mol. The molecule has 0 spiro atoms. The van der Waals surface area contributed by atoms with Crippen LogP contribution in [0.15, 0.2) is 66.0 Å². The van der Waals surface area contributed by atoms with Crippen LogP contribution in [0.5, 0.6) is 11.5 Å². The molecule has 0 fully saturated rings. The number of hydrogen-bond acceptors (Lipinski definition) is 4. The topological polar surface area (TPSA) is 30.5 Å². The molecule has 5 heteroatoms. The van der Waals surface area contributed by atoms with Gasteiger partial charge in [0.15, 0.2) is 11.5 Å². The molecule has 1 N–H and O–H groups in total. The molecule has 0 aliphatic rings. The summed E-state index contributed by atoms with van der Waals surface area (Å²) < 4.78 is 11.9. The molecule has 0 saturated heterocycles. The van der Waals surface area contributed by atoms with E-state index in [1.807, 2.05) is 37.3 Å². The fourth-order valence-electron chi connectivity index (χ4n) is 2.60. The predicted molar refractivity (Wildman–Crippen MR) is 103 cm³/mol. The summed E-state index contributed by atoms with van der Waals surface area (Å²) >= 11 is 1.76. The van der Waals surface area contributed by atoms with E-state index in [1.54, 1.807) is 11.3 Å². The third-order valence-electron chi connectivity index (χ3n) is 3.78. The second-order valence-electron chi connectivity index (χ2n) is 5.63. The minimum absolute atomic E-state index is 0. The number of nitrogens with one attached hydrogen (secondary N) is 1. The van der Waals surface area contributed by atoms with Gasteiger partial charge in [0.05, 0.1) is 6.61 Å². The molecule has 3 rings (SSSR count). The first-order valence-corrected chi connectivity index (χ1v) is 9.39. The zero-order valence-electron chi connectivity index (χ0n) is 14.8. The molecule has 0 atom stereocenters. The zero-order chi connectivity index (χ0) is 17.3. The Kier molecular flexibility index (Phi) is 8.48. The molecule has 0 amide bonds. The van der Waals surface area contributed by atoms with Gasteiger partial charge in [0.2, 0.25) is 0 Å². The van der Waals surface area contributed by atoms with Crippen LogP contribution in [0.3, 0.4) is 0 Å². The summed E-state index contributed by atoms with van der Waals surface area (Å²) in [6, 6.07) is 20.5. The average Bonchev–Trinajstić information content (AvgIpc) is 3.16. The Hall–Kier alpha value is -2.01. The van der Waals surface area contributed by atoms with E-state index < -0.39 is 0 Å². The zero-order valence-corrected chi connectivity index (χ0v) is 16.4. The van der Waals surface area contributed by atoms with Gasteiger partial charge in [0.1, 0.15) is 6.61 Å². The molecule has 0 radical (unpaired) electrons. The van der Waals surface area contributed by atoms with Gasteiger partial charge < -0.3 is 27.2 Å². The number of rotatable bonds is 9. The van der Waals surface area contributed by atoms with E-state index in [0.717, 1.165) is 35.7 Å². The summed E-state index contributed by atoms with van der Waals surface area (Å²) in [5.41, 5.74) is 2.25. The van der Waals surface area contributed by atoms with Crippen LogP contribution in [0.4, 0.5) is 0 Å². The molecular weight excluding hydrogens is 366 g/mol. The van der Waals surface area contributed by atoms with Crippen LogP contribution in [-0.4, -0.2) is 6.61 Å². The summed E-state index contributed by atoms with van der Waals surface area (Å²) in [7, 11) is 0. The van der Waals surface area contributed by atoms with Gasteiger partial charge in [0.25, 0.3) is 0 Å². The van der Waals surface area contributed by atoms with Crippen LogP contribution >= 0.6 is 11.3 Å². The van der Waals surface area contributed by atoms with Crippen molar-refractivity contribution >= 4 is 11.3 Å². The highest BCUT2D eigenvalue weighted by atomic mass is 35.5. The van der Waals surface area contributed by atoms with Crippen molar-refractivity contribution < 1.29 is 21.9 Å². The first-order valence-electron chi connectivity index (χ1n) is 8.51. The van der Waals surface area contributed by atoms with Crippen molar-refractivity contribution in [2.45, 2.75) is 26.6 Å². The Labute approximate surface area is 165 Å². The van der Waals surface area contributed by atoms with E-state index in [4.69, 9.17) is 9.47 Å². The number of ether oxygens (including phenoxy) is 2. The summed E-state index contributed by atoms with van der Waals surface area (Å²) in [4.78, 5) is 1.33. The molecule has 0 bridgehead atoms. The van der Waals surface area contributed by atoms with Gasteiger partial charge in [-0.1, -0.05) is 48.5 Å². The summed E-state index contributed by atoms with van der Waals surface area (Å²) in [6.45, 7) is 4.73. The van der Waals surface area contributed by atoms with Gasteiger partial charge in [-0.3, -0.25) is 0 Å². The van der Waals surface area contributed by atoms with E-state index in [1.165, 1.54) is 4.88 Å². The van der Waals surface area contributed by atoms with Crippen molar-refractivity contribution in [2.75, 3.05) is 6.61 Å². The number of thiophene rings is 1. The van der Waals surface area contributed by atoms with Gasteiger partial charge in [-0.05, 0) is 30.0 Å². The third kappa shape index (κ3) is 5.77. The van der Waals surface area contributed by atoms with Gasteiger partial charge in [0, 0.05) is 23.5 Å². The van der Waals surface area contributed by atoms with E-state index in [0.29, 0.717) is 13.2 Å². The summed E-state index contributed by atoms with van der Waals surface area (Å²) in [5.74, 6) is 1.63. The maximum Gasteiger partial charge on any atom is 0.166 e. The molecule has 2 aromatic carbocycles. The van der Waals surface area contributed by atoms with Crippen molar-refractivity contribution in [3.8, 4) is 11.5 Å². The Morgan fingerprint density at radius 2 is 1.73 bits per heavy atom. The van der Waals surface area contributed by atoms with Gasteiger partial charge in [-0.15, -0.1) is 11.3 Å². The lowest BCUT2D eigenvalue weighted by Gasteiger charge is -2.16. The van der Waals surface area contributed by atoms with Crippen LogP contribution in [0.1, 0.15) is 22.9 Å². The molecule has 3 aromatic rings. The number of para-hydroxylation sites is 1. The van der Waals surface area contributed by atoms with Crippen LogP contribution in [0.2, 0.25) is 0 Å². The quantitative estimate of drug-likeness (QED) is 0.608. The Morgan fingerprint density at radius 3 is 2.46 bits per heavy atom. The van der Waals surface area contributed by atoms with Crippen LogP contribution in [0.25, 0.3) is 0 Å². The van der Waals surface area contributed by atoms with E-state index >= 15 is 0 Å². The summed E-state index contributed by atoms with van der Waals surface area (Å²) in [6.07, 6.45) is 0. The standard InChI is InChI=1S/C21H23NO2S.ClH/c1-2-23-20-12-6-10-18(14-22-15-19-11-7-13-25-19)21(20)24-16-17-8-4-3-5-9-17;/h3-13,22H,2,14-16H2,1H3;1H/p-1. The van der Waals surface area contributed by atoms with E-state index in [9.17, 15) is 0 Å². The number of halogens is 1. The maximum atomic E-state index is 6.13. The van der Waals surface area contributed by atoms with Gasteiger partial charge in [-0.2, -0.15) is 0 Å². The Morgan fingerprint density at radius 1 is 0.885 bits per heavy atom. The SMILES string of the molecule is CCOc1cccc(CNCc2cccs2)c1OCc1ccccc1.[Cl-]. The molecule has 0 unspecified atom stereocenters. The molecule has 3 nitrogen and oxygen atoms in total. The van der Waals surface area contributed by atoms with Crippen LogP contribution in [-0.2, 0) is 19.7 Å². The largest absolute Gasteiger partial charge is 1.00 e. The first-order chi connectivity index (χ1) is 12.4. The van der Waals surface area contributed by atoms with E-state index in [-0.39, 0.29) is 12.4 Å². The number of benzene rings is 2. The fourth-order valence-corrected chi connectivity index (χ4v) is 3.27. The van der Waals surface area contributed by atoms with Crippen molar-refractivity contribution in [3.63, 3.8) is 0 Å². The molecule has 0 saturated carbocycles. The van der Waals surface area contributed by atoms with Crippen molar-refractivity contribution in [3.05, 3.63) is 82.0 Å². The summed E-state index contributed by atoms with van der Waals surface area (Å²) in [5, 5.41) is 5.59. The fraction of sp³-hybridized carbons (Fsp3) is 0.238. The first kappa shape index (κ1) is 20.3. The average molecular weight is 389 g/mol. The lowest BCUT2D eigenvalue weighted by molar-refractivity contribution is -0.00000574. The Balaban J connectivity index is 0.00000243. The third-order valence-corrected chi connectivity index (χ3v) is 4.66. The lowest BCUT2D eigenvalue weighted by atomic mass is 10.1. The van der Waals surface area contributed by atoms with E-state index in [2.05, 4.69) is 41.0 Å². The van der Waals surface area contributed by atoms with Crippen LogP contribution < -0.4 is 27.2 Å². The second-order valence-corrected chi connectivity index (χ2v) is 6.67. The highest BCUT2D eigenvalue weighted by Gasteiger charge is 2.11.